The van der Waals surface area contributed by atoms with E-state index < -0.39 is 0 Å². The molecule has 1 aromatic heterocycles. The number of imidazole rings is 1. The molecule has 0 N–H and O–H groups in total. The van der Waals surface area contributed by atoms with Crippen LogP contribution in [0.2, 0.25) is 0 Å². The van der Waals surface area contributed by atoms with Gasteiger partial charge in [-0.3, -0.25) is 13.9 Å². The van der Waals surface area contributed by atoms with E-state index in [0.29, 0.717) is 12.5 Å². The van der Waals surface area contributed by atoms with E-state index in [-0.39, 0.29) is 11.5 Å². The number of ketones is 1. The van der Waals surface area contributed by atoms with Gasteiger partial charge in [-0.05, 0) is 49.9 Å². The molecule has 3 aromatic rings. The summed E-state index contributed by atoms with van der Waals surface area (Å²) in [6.45, 7) is 1.99. The molecule has 0 saturated heterocycles. The molecule has 0 radical (unpaired) electrons. The first kappa shape index (κ1) is 15.9. The number of aryl methyl sites for hydroxylation is 2. The van der Waals surface area contributed by atoms with Crippen molar-refractivity contribution in [3.8, 4) is 0 Å². The van der Waals surface area contributed by atoms with Crippen molar-refractivity contribution in [3.05, 3.63) is 69.6 Å². The highest BCUT2D eigenvalue weighted by molar-refractivity contribution is 5.98. The van der Waals surface area contributed by atoms with Gasteiger partial charge in [0, 0.05) is 25.1 Å². The Labute approximate surface area is 146 Å². The number of nitrogens with zero attached hydrogens (tertiary/aromatic N) is 2. The zero-order valence-electron chi connectivity index (χ0n) is 14.7. The smallest absolute Gasteiger partial charge is 0.295 e. The fourth-order valence-electron chi connectivity index (χ4n) is 3.63. The standard InChI is InChI=1S/C21H22N2O2/c1-14-5-3-6-16(11-14)20(24)13-15-9-10-18-19(12-15)23(17-7-4-8-17)21(25)22(18)2/h3,5-6,9-12,17H,4,7-8,13H2,1-2H3. The molecule has 0 amide bonds. The van der Waals surface area contributed by atoms with E-state index >= 15 is 0 Å². The summed E-state index contributed by atoms with van der Waals surface area (Å²) in [6.07, 6.45) is 3.66. The fourth-order valence-corrected chi connectivity index (χ4v) is 3.63. The van der Waals surface area contributed by atoms with Gasteiger partial charge < -0.3 is 0 Å². The van der Waals surface area contributed by atoms with Gasteiger partial charge in [-0.1, -0.05) is 29.8 Å². The van der Waals surface area contributed by atoms with Crippen LogP contribution in [0.15, 0.2) is 47.3 Å². The van der Waals surface area contributed by atoms with Gasteiger partial charge in [0.1, 0.15) is 0 Å². The molecule has 0 bridgehead atoms. The summed E-state index contributed by atoms with van der Waals surface area (Å²) in [5.41, 5.74) is 4.71. The number of carbonyl (C=O) groups is 1. The average molecular weight is 334 g/mol. The first-order chi connectivity index (χ1) is 12.0. The molecule has 1 aliphatic carbocycles. The molecular weight excluding hydrogens is 312 g/mol. The minimum atomic E-state index is 0.0434. The minimum Gasteiger partial charge on any atom is -0.295 e. The van der Waals surface area contributed by atoms with E-state index in [1.807, 2.05) is 61.0 Å². The van der Waals surface area contributed by atoms with E-state index in [9.17, 15) is 9.59 Å². The molecule has 4 nitrogen and oxygen atoms in total. The Kier molecular flexibility index (Phi) is 3.83. The third-order valence-electron chi connectivity index (χ3n) is 5.30. The highest BCUT2D eigenvalue weighted by Gasteiger charge is 2.24. The van der Waals surface area contributed by atoms with Crippen molar-refractivity contribution >= 4 is 16.8 Å². The van der Waals surface area contributed by atoms with Gasteiger partial charge in [-0.15, -0.1) is 0 Å². The highest BCUT2D eigenvalue weighted by Crippen LogP contribution is 2.33. The fraction of sp³-hybridized carbons (Fsp3) is 0.333. The first-order valence-electron chi connectivity index (χ1n) is 8.84. The van der Waals surface area contributed by atoms with Gasteiger partial charge >= 0.3 is 5.69 Å². The lowest BCUT2D eigenvalue weighted by Crippen LogP contribution is -2.29. The Morgan fingerprint density at radius 3 is 2.60 bits per heavy atom. The monoisotopic (exact) mass is 334 g/mol. The minimum absolute atomic E-state index is 0.0434. The second-order valence-electron chi connectivity index (χ2n) is 7.09. The van der Waals surface area contributed by atoms with Crippen LogP contribution in [0.3, 0.4) is 0 Å². The topological polar surface area (TPSA) is 44.0 Å². The summed E-state index contributed by atoms with van der Waals surface area (Å²) in [7, 11) is 1.82. The number of rotatable bonds is 4. The van der Waals surface area contributed by atoms with Crippen LogP contribution >= 0.6 is 0 Å². The lowest BCUT2D eigenvalue weighted by molar-refractivity contribution is 0.0993. The van der Waals surface area contributed by atoms with E-state index in [1.165, 1.54) is 6.42 Å². The predicted octanol–water partition coefficient (Wildman–Crippen LogP) is 3.80. The van der Waals surface area contributed by atoms with Crippen LogP contribution in [0.4, 0.5) is 0 Å². The number of hydrogen-bond donors (Lipinski definition) is 0. The Hall–Kier alpha value is -2.62. The molecule has 1 fully saturated rings. The summed E-state index contributed by atoms with van der Waals surface area (Å²) in [5.74, 6) is 0.108. The van der Waals surface area contributed by atoms with Crippen LogP contribution in [-0.4, -0.2) is 14.9 Å². The lowest BCUT2D eigenvalue weighted by Gasteiger charge is -2.26. The molecule has 128 valence electrons. The van der Waals surface area contributed by atoms with Crippen molar-refractivity contribution < 1.29 is 4.79 Å². The van der Waals surface area contributed by atoms with Crippen LogP contribution in [0, 0.1) is 6.92 Å². The van der Waals surface area contributed by atoms with Gasteiger partial charge in [0.25, 0.3) is 0 Å². The maximum Gasteiger partial charge on any atom is 0.329 e. The van der Waals surface area contributed by atoms with Crippen molar-refractivity contribution in [2.45, 2.75) is 38.6 Å². The molecule has 25 heavy (non-hydrogen) atoms. The Morgan fingerprint density at radius 1 is 1.12 bits per heavy atom. The summed E-state index contributed by atoms with van der Waals surface area (Å²) in [5, 5.41) is 0. The zero-order valence-corrected chi connectivity index (χ0v) is 14.7. The molecule has 4 rings (SSSR count). The van der Waals surface area contributed by atoms with E-state index in [1.54, 1.807) is 4.57 Å². The summed E-state index contributed by atoms with van der Waals surface area (Å²) in [4.78, 5) is 25.2. The number of fused-ring (bicyclic) bond motifs is 1. The third-order valence-corrected chi connectivity index (χ3v) is 5.30. The Morgan fingerprint density at radius 2 is 1.92 bits per heavy atom. The van der Waals surface area contributed by atoms with Gasteiger partial charge in [0.05, 0.1) is 11.0 Å². The molecular formula is C21H22N2O2. The maximum absolute atomic E-state index is 12.6. The van der Waals surface area contributed by atoms with Crippen LogP contribution in [-0.2, 0) is 13.5 Å². The average Bonchev–Trinajstić information content (AvgIpc) is 2.78. The van der Waals surface area contributed by atoms with Crippen molar-refractivity contribution in [1.29, 1.82) is 0 Å². The number of benzene rings is 2. The largest absolute Gasteiger partial charge is 0.329 e. The number of aromatic nitrogens is 2. The Balaban J connectivity index is 1.71. The van der Waals surface area contributed by atoms with Crippen molar-refractivity contribution in [2.24, 2.45) is 7.05 Å². The third kappa shape index (κ3) is 2.72. The van der Waals surface area contributed by atoms with Crippen LogP contribution in [0.25, 0.3) is 11.0 Å². The molecule has 4 heteroatoms. The van der Waals surface area contributed by atoms with Gasteiger partial charge in [0.2, 0.25) is 0 Å². The number of Topliss-reactive ketones (excluding diaryl/α,β-unsaturated/α-hetero) is 1. The molecule has 1 aliphatic rings. The quantitative estimate of drug-likeness (QED) is 0.681. The maximum atomic E-state index is 12.6. The molecule has 0 atom stereocenters. The summed E-state index contributed by atoms with van der Waals surface area (Å²) < 4.78 is 3.62. The summed E-state index contributed by atoms with van der Waals surface area (Å²) in [6, 6.07) is 13.9. The highest BCUT2D eigenvalue weighted by atomic mass is 16.1. The molecule has 1 saturated carbocycles. The van der Waals surface area contributed by atoms with E-state index in [0.717, 1.165) is 40.6 Å². The van der Waals surface area contributed by atoms with Gasteiger partial charge in [-0.2, -0.15) is 0 Å². The van der Waals surface area contributed by atoms with Crippen molar-refractivity contribution in [3.63, 3.8) is 0 Å². The van der Waals surface area contributed by atoms with Crippen LogP contribution < -0.4 is 5.69 Å². The molecule has 1 heterocycles. The van der Waals surface area contributed by atoms with Crippen LogP contribution in [0.1, 0.15) is 46.8 Å². The second kappa shape index (κ2) is 6.03. The van der Waals surface area contributed by atoms with Crippen molar-refractivity contribution in [1.82, 2.24) is 9.13 Å². The van der Waals surface area contributed by atoms with Crippen molar-refractivity contribution in [2.75, 3.05) is 0 Å². The summed E-state index contributed by atoms with van der Waals surface area (Å²) >= 11 is 0. The Bertz CT molecular complexity index is 1020. The van der Waals surface area contributed by atoms with Crippen LogP contribution in [0.5, 0.6) is 0 Å². The second-order valence-corrected chi connectivity index (χ2v) is 7.09. The first-order valence-corrected chi connectivity index (χ1v) is 8.84. The normalized spacial score (nSPS) is 14.6. The molecule has 0 aliphatic heterocycles. The molecule has 2 aromatic carbocycles. The predicted molar refractivity (Wildman–Crippen MR) is 99.3 cm³/mol. The number of carbonyl (C=O) groups excluding carboxylic acids is 1. The van der Waals surface area contributed by atoms with E-state index in [4.69, 9.17) is 0 Å². The molecule has 0 spiro atoms. The number of hydrogen-bond acceptors (Lipinski definition) is 2. The van der Waals surface area contributed by atoms with Gasteiger partial charge in [0.15, 0.2) is 5.78 Å². The molecule has 0 unspecified atom stereocenters. The zero-order chi connectivity index (χ0) is 17.6. The van der Waals surface area contributed by atoms with Gasteiger partial charge in [-0.25, -0.2) is 4.79 Å². The SMILES string of the molecule is Cc1cccc(C(=O)Cc2ccc3c(c2)n(C2CCC2)c(=O)n3C)c1. The van der Waals surface area contributed by atoms with E-state index in [2.05, 4.69) is 0 Å². The lowest BCUT2D eigenvalue weighted by atomic mass is 9.92.